The maximum Gasteiger partial charge on any atom is -0.00978 e. The van der Waals surface area contributed by atoms with Gasteiger partial charge in [0.05, 0.1) is 0 Å². The Balaban J connectivity index is 1.99. The number of hydrogen-bond acceptors (Lipinski definition) is 1. The van der Waals surface area contributed by atoms with Gasteiger partial charge in [0, 0.05) is 0 Å². The van der Waals surface area contributed by atoms with Gasteiger partial charge in [0.1, 0.15) is 0 Å². The Labute approximate surface area is 122 Å². The van der Waals surface area contributed by atoms with E-state index in [0.29, 0.717) is 0 Å². The van der Waals surface area contributed by atoms with Crippen LogP contribution in [-0.4, -0.2) is 5.75 Å². The third kappa shape index (κ3) is 5.12. The third-order valence-corrected chi connectivity index (χ3v) is 3.82. The standard InChI is InChI=1S/C18H22S/c19-13-7-12-18(14-16-8-3-1-4-9-16)15-17-10-5-2-6-11-17/h1-6,8-11,18-19H,7,12-15H2. The average Bonchev–Trinajstić information content (AvgIpc) is 2.47. The summed E-state index contributed by atoms with van der Waals surface area (Å²) in [4.78, 5) is 0. The van der Waals surface area contributed by atoms with Gasteiger partial charge in [-0.3, -0.25) is 0 Å². The van der Waals surface area contributed by atoms with Gasteiger partial charge in [-0.2, -0.15) is 12.6 Å². The highest BCUT2D eigenvalue weighted by molar-refractivity contribution is 7.80. The highest BCUT2D eigenvalue weighted by Crippen LogP contribution is 2.19. The van der Waals surface area contributed by atoms with Gasteiger partial charge in [-0.15, -0.1) is 0 Å². The minimum Gasteiger partial charge on any atom is -0.179 e. The molecular formula is C18H22S. The first-order valence-electron chi connectivity index (χ1n) is 7.07. The molecule has 2 aromatic carbocycles. The van der Waals surface area contributed by atoms with Crippen LogP contribution in [0.3, 0.4) is 0 Å². The summed E-state index contributed by atoms with van der Waals surface area (Å²) in [6, 6.07) is 21.6. The van der Waals surface area contributed by atoms with Crippen LogP contribution in [0.15, 0.2) is 60.7 Å². The first-order chi connectivity index (χ1) is 9.38. The van der Waals surface area contributed by atoms with Crippen LogP contribution in [0.1, 0.15) is 24.0 Å². The molecule has 19 heavy (non-hydrogen) atoms. The molecule has 0 aliphatic heterocycles. The monoisotopic (exact) mass is 270 g/mol. The van der Waals surface area contributed by atoms with Crippen molar-refractivity contribution in [1.29, 1.82) is 0 Å². The van der Waals surface area contributed by atoms with Gasteiger partial charge >= 0.3 is 0 Å². The fraction of sp³-hybridized carbons (Fsp3) is 0.333. The molecule has 0 heterocycles. The highest BCUT2D eigenvalue weighted by atomic mass is 32.1. The molecule has 0 fully saturated rings. The van der Waals surface area contributed by atoms with E-state index >= 15 is 0 Å². The first kappa shape index (κ1) is 14.2. The van der Waals surface area contributed by atoms with Gasteiger partial charge in [0.15, 0.2) is 0 Å². The molecule has 100 valence electrons. The van der Waals surface area contributed by atoms with Gasteiger partial charge in [-0.25, -0.2) is 0 Å². The van der Waals surface area contributed by atoms with E-state index < -0.39 is 0 Å². The zero-order valence-corrected chi connectivity index (χ0v) is 12.2. The molecule has 0 amide bonds. The smallest absolute Gasteiger partial charge is 0.00978 e. The predicted octanol–water partition coefficient (Wildman–Crippen LogP) is 4.80. The Bertz CT molecular complexity index is 408. The molecule has 0 bridgehead atoms. The Morgan fingerprint density at radius 3 is 1.63 bits per heavy atom. The van der Waals surface area contributed by atoms with Crippen LogP contribution >= 0.6 is 12.6 Å². The van der Waals surface area contributed by atoms with E-state index in [1.54, 1.807) is 0 Å². The van der Waals surface area contributed by atoms with E-state index in [1.165, 1.54) is 36.8 Å². The van der Waals surface area contributed by atoms with Crippen molar-refractivity contribution >= 4 is 12.6 Å². The second-order valence-corrected chi connectivity index (χ2v) is 5.56. The van der Waals surface area contributed by atoms with Crippen molar-refractivity contribution < 1.29 is 0 Å². The molecule has 0 radical (unpaired) electrons. The lowest BCUT2D eigenvalue weighted by Crippen LogP contribution is -2.09. The first-order valence-corrected chi connectivity index (χ1v) is 7.70. The van der Waals surface area contributed by atoms with Gasteiger partial charge in [-0.1, -0.05) is 60.7 Å². The molecule has 2 rings (SSSR count). The van der Waals surface area contributed by atoms with E-state index in [2.05, 4.69) is 73.3 Å². The van der Waals surface area contributed by atoms with Crippen LogP contribution in [0.4, 0.5) is 0 Å². The van der Waals surface area contributed by atoms with Gasteiger partial charge in [0.2, 0.25) is 0 Å². The molecule has 0 N–H and O–H groups in total. The van der Waals surface area contributed by atoms with Crippen molar-refractivity contribution in [2.75, 3.05) is 5.75 Å². The number of thiol groups is 1. The zero-order chi connectivity index (χ0) is 13.3. The summed E-state index contributed by atoms with van der Waals surface area (Å²) in [5, 5.41) is 0. The zero-order valence-electron chi connectivity index (χ0n) is 11.3. The van der Waals surface area contributed by atoms with E-state index in [0.717, 1.165) is 11.7 Å². The summed E-state index contributed by atoms with van der Waals surface area (Å²) >= 11 is 4.35. The molecule has 0 unspecified atom stereocenters. The van der Waals surface area contributed by atoms with Crippen LogP contribution in [0.5, 0.6) is 0 Å². The molecule has 0 saturated heterocycles. The van der Waals surface area contributed by atoms with Crippen LogP contribution < -0.4 is 0 Å². The number of hydrogen-bond donors (Lipinski definition) is 1. The van der Waals surface area contributed by atoms with Gasteiger partial charge < -0.3 is 0 Å². The molecular weight excluding hydrogens is 248 g/mol. The topological polar surface area (TPSA) is 0 Å². The van der Waals surface area contributed by atoms with Crippen molar-refractivity contribution in [2.45, 2.75) is 25.7 Å². The lowest BCUT2D eigenvalue weighted by atomic mass is 9.89. The minimum absolute atomic E-state index is 0.719. The summed E-state index contributed by atoms with van der Waals surface area (Å²) in [6.07, 6.45) is 4.80. The van der Waals surface area contributed by atoms with Gasteiger partial charge in [-0.05, 0) is 48.5 Å². The Hall–Kier alpha value is -1.21. The van der Waals surface area contributed by atoms with Gasteiger partial charge in [0.25, 0.3) is 0 Å². The predicted molar refractivity (Wildman–Crippen MR) is 86.9 cm³/mol. The molecule has 0 aromatic heterocycles. The quantitative estimate of drug-likeness (QED) is 0.687. The van der Waals surface area contributed by atoms with Crippen LogP contribution in [0, 0.1) is 5.92 Å². The van der Waals surface area contributed by atoms with Crippen LogP contribution in [0.2, 0.25) is 0 Å². The highest BCUT2D eigenvalue weighted by Gasteiger charge is 2.10. The maximum absolute atomic E-state index is 4.35. The van der Waals surface area contributed by atoms with E-state index in [9.17, 15) is 0 Å². The molecule has 0 spiro atoms. The molecule has 0 atom stereocenters. The van der Waals surface area contributed by atoms with E-state index in [-0.39, 0.29) is 0 Å². The summed E-state index contributed by atoms with van der Waals surface area (Å²) in [5.41, 5.74) is 2.89. The Morgan fingerprint density at radius 1 is 0.737 bits per heavy atom. The second kappa shape index (κ2) is 8.06. The normalized spacial score (nSPS) is 10.8. The average molecular weight is 270 g/mol. The van der Waals surface area contributed by atoms with Crippen molar-refractivity contribution in [3.05, 3.63) is 71.8 Å². The van der Waals surface area contributed by atoms with E-state index in [4.69, 9.17) is 0 Å². The fourth-order valence-electron chi connectivity index (χ4n) is 2.55. The lowest BCUT2D eigenvalue weighted by molar-refractivity contribution is 0.476. The van der Waals surface area contributed by atoms with Crippen LogP contribution in [-0.2, 0) is 12.8 Å². The summed E-state index contributed by atoms with van der Waals surface area (Å²) in [6.45, 7) is 0. The Kier molecular flexibility index (Phi) is 6.03. The van der Waals surface area contributed by atoms with Crippen LogP contribution in [0.25, 0.3) is 0 Å². The van der Waals surface area contributed by atoms with Crippen molar-refractivity contribution in [3.63, 3.8) is 0 Å². The second-order valence-electron chi connectivity index (χ2n) is 5.11. The van der Waals surface area contributed by atoms with E-state index in [1.807, 2.05) is 0 Å². The fourth-order valence-corrected chi connectivity index (χ4v) is 2.73. The van der Waals surface area contributed by atoms with Crippen molar-refractivity contribution in [3.8, 4) is 0 Å². The molecule has 2 aromatic rings. The largest absolute Gasteiger partial charge is 0.179 e. The maximum atomic E-state index is 4.35. The number of rotatable bonds is 7. The summed E-state index contributed by atoms with van der Waals surface area (Å²) in [5.74, 6) is 1.71. The SMILES string of the molecule is SCCCC(Cc1ccccc1)Cc1ccccc1. The number of benzene rings is 2. The van der Waals surface area contributed by atoms with Crippen molar-refractivity contribution in [1.82, 2.24) is 0 Å². The molecule has 0 saturated carbocycles. The molecule has 1 heteroatoms. The van der Waals surface area contributed by atoms with Crippen molar-refractivity contribution in [2.24, 2.45) is 5.92 Å². The minimum atomic E-state index is 0.719. The molecule has 0 aliphatic carbocycles. The lowest BCUT2D eigenvalue weighted by Gasteiger charge is -2.17. The summed E-state index contributed by atoms with van der Waals surface area (Å²) in [7, 11) is 0. The molecule has 0 aliphatic rings. The molecule has 0 nitrogen and oxygen atoms in total. The summed E-state index contributed by atoms with van der Waals surface area (Å²) < 4.78 is 0. The third-order valence-electron chi connectivity index (χ3n) is 3.50. The Morgan fingerprint density at radius 2 is 1.21 bits per heavy atom.